The predicted molar refractivity (Wildman–Crippen MR) is 63.5 cm³/mol. The first-order chi connectivity index (χ1) is 7.36. The van der Waals surface area contributed by atoms with Crippen molar-refractivity contribution in [2.24, 2.45) is 5.92 Å². The van der Waals surface area contributed by atoms with Crippen LogP contribution in [0.2, 0.25) is 5.02 Å². The van der Waals surface area contributed by atoms with Crippen LogP contribution in [0.3, 0.4) is 0 Å². The van der Waals surface area contributed by atoms with E-state index in [-0.39, 0.29) is 0 Å². The van der Waals surface area contributed by atoms with E-state index >= 15 is 0 Å². The van der Waals surface area contributed by atoms with Crippen molar-refractivity contribution >= 4 is 17.3 Å². The third-order valence-electron chi connectivity index (χ3n) is 2.49. The first kappa shape index (κ1) is 10.8. The van der Waals surface area contributed by atoms with Gasteiger partial charge < -0.3 is 10.1 Å². The summed E-state index contributed by atoms with van der Waals surface area (Å²) in [6.45, 7) is 2.49. The topological polar surface area (TPSA) is 21.3 Å². The second kappa shape index (κ2) is 5.38. The molecule has 1 aromatic carbocycles. The van der Waals surface area contributed by atoms with Gasteiger partial charge in [0.15, 0.2) is 0 Å². The second-order valence-electron chi connectivity index (χ2n) is 3.92. The molecule has 0 heterocycles. The quantitative estimate of drug-likeness (QED) is 0.751. The van der Waals surface area contributed by atoms with Crippen molar-refractivity contribution < 1.29 is 4.74 Å². The number of nitrogens with one attached hydrogen (secondary N) is 1. The smallest absolute Gasteiger partial charge is 0.0639 e. The standard InChI is InChI=1S/C12H16ClNO/c13-11-3-1-2-4-12(11)14-7-8-15-9-10-5-6-10/h1-4,10,14H,5-9H2. The highest BCUT2D eigenvalue weighted by molar-refractivity contribution is 6.33. The van der Waals surface area contributed by atoms with Crippen LogP contribution in [0.15, 0.2) is 24.3 Å². The van der Waals surface area contributed by atoms with E-state index in [1.807, 2.05) is 24.3 Å². The SMILES string of the molecule is Clc1ccccc1NCCOCC1CC1. The largest absolute Gasteiger partial charge is 0.382 e. The van der Waals surface area contributed by atoms with Gasteiger partial charge in [-0.25, -0.2) is 0 Å². The van der Waals surface area contributed by atoms with Gasteiger partial charge in [-0.3, -0.25) is 0 Å². The minimum Gasteiger partial charge on any atom is -0.382 e. The van der Waals surface area contributed by atoms with E-state index in [1.54, 1.807) is 0 Å². The zero-order valence-corrected chi connectivity index (χ0v) is 9.46. The first-order valence-corrected chi connectivity index (χ1v) is 5.80. The van der Waals surface area contributed by atoms with Crippen molar-refractivity contribution in [1.82, 2.24) is 0 Å². The Kier molecular flexibility index (Phi) is 3.87. The Labute approximate surface area is 95.6 Å². The lowest BCUT2D eigenvalue weighted by molar-refractivity contribution is 0.134. The molecule has 1 saturated carbocycles. The van der Waals surface area contributed by atoms with Crippen molar-refractivity contribution in [3.8, 4) is 0 Å². The van der Waals surface area contributed by atoms with Crippen LogP contribution < -0.4 is 5.32 Å². The van der Waals surface area contributed by atoms with Crippen molar-refractivity contribution in [3.63, 3.8) is 0 Å². The molecule has 3 heteroatoms. The zero-order valence-electron chi connectivity index (χ0n) is 8.71. The fourth-order valence-corrected chi connectivity index (χ4v) is 1.60. The summed E-state index contributed by atoms with van der Waals surface area (Å²) in [5.41, 5.74) is 0.981. The van der Waals surface area contributed by atoms with E-state index in [1.165, 1.54) is 12.8 Å². The van der Waals surface area contributed by atoms with E-state index in [9.17, 15) is 0 Å². The highest BCUT2D eigenvalue weighted by atomic mass is 35.5. The van der Waals surface area contributed by atoms with Crippen LogP contribution in [0.4, 0.5) is 5.69 Å². The fraction of sp³-hybridized carbons (Fsp3) is 0.500. The Morgan fingerprint density at radius 3 is 2.87 bits per heavy atom. The Morgan fingerprint density at radius 2 is 2.13 bits per heavy atom. The highest BCUT2D eigenvalue weighted by Gasteiger charge is 2.20. The lowest BCUT2D eigenvalue weighted by Gasteiger charge is -2.08. The first-order valence-electron chi connectivity index (χ1n) is 5.42. The molecule has 0 radical (unpaired) electrons. The maximum absolute atomic E-state index is 5.99. The van der Waals surface area contributed by atoms with Crippen LogP contribution in [-0.4, -0.2) is 19.8 Å². The van der Waals surface area contributed by atoms with Crippen LogP contribution in [0, 0.1) is 5.92 Å². The van der Waals surface area contributed by atoms with Gasteiger partial charge in [-0.2, -0.15) is 0 Å². The third-order valence-corrected chi connectivity index (χ3v) is 2.82. The molecule has 0 aliphatic heterocycles. The van der Waals surface area contributed by atoms with Gasteiger partial charge in [-0.15, -0.1) is 0 Å². The van der Waals surface area contributed by atoms with E-state index < -0.39 is 0 Å². The lowest BCUT2D eigenvalue weighted by Crippen LogP contribution is -2.10. The third kappa shape index (κ3) is 3.73. The number of anilines is 1. The van der Waals surface area contributed by atoms with Gasteiger partial charge in [0.1, 0.15) is 0 Å². The molecule has 0 bridgehead atoms. The normalized spacial score (nSPS) is 15.3. The number of benzene rings is 1. The number of rotatable bonds is 6. The van der Waals surface area contributed by atoms with Gasteiger partial charge in [0.05, 0.1) is 17.3 Å². The number of hydrogen-bond acceptors (Lipinski definition) is 2. The van der Waals surface area contributed by atoms with Gasteiger partial charge in [-0.05, 0) is 30.9 Å². The van der Waals surface area contributed by atoms with Gasteiger partial charge in [0.25, 0.3) is 0 Å². The van der Waals surface area contributed by atoms with Gasteiger partial charge in [-0.1, -0.05) is 23.7 Å². The van der Waals surface area contributed by atoms with Crippen LogP contribution in [0.25, 0.3) is 0 Å². The van der Waals surface area contributed by atoms with Crippen LogP contribution >= 0.6 is 11.6 Å². The summed E-state index contributed by atoms with van der Waals surface area (Å²) in [5.74, 6) is 0.838. The van der Waals surface area contributed by atoms with Gasteiger partial charge in [0, 0.05) is 13.2 Å². The molecule has 0 unspecified atom stereocenters. The van der Waals surface area contributed by atoms with E-state index in [0.29, 0.717) is 0 Å². The molecular weight excluding hydrogens is 210 g/mol. The van der Waals surface area contributed by atoms with Crippen molar-refractivity contribution in [2.45, 2.75) is 12.8 Å². The average molecular weight is 226 g/mol. The molecule has 15 heavy (non-hydrogen) atoms. The average Bonchev–Trinajstić information content (AvgIpc) is 3.04. The minimum absolute atomic E-state index is 0.752. The summed E-state index contributed by atoms with van der Waals surface area (Å²) in [7, 11) is 0. The molecule has 0 atom stereocenters. The van der Waals surface area contributed by atoms with Crippen molar-refractivity contribution in [3.05, 3.63) is 29.3 Å². The molecule has 0 spiro atoms. The molecular formula is C12H16ClNO. The molecule has 0 saturated heterocycles. The second-order valence-corrected chi connectivity index (χ2v) is 4.33. The summed E-state index contributed by atoms with van der Waals surface area (Å²) in [4.78, 5) is 0. The Balaban J connectivity index is 1.62. The molecule has 82 valence electrons. The van der Waals surface area contributed by atoms with Gasteiger partial charge in [0.2, 0.25) is 0 Å². The monoisotopic (exact) mass is 225 g/mol. The molecule has 0 amide bonds. The van der Waals surface area contributed by atoms with Crippen LogP contribution in [0.1, 0.15) is 12.8 Å². The molecule has 1 fully saturated rings. The maximum atomic E-state index is 5.99. The maximum Gasteiger partial charge on any atom is 0.0639 e. The van der Waals surface area contributed by atoms with Crippen molar-refractivity contribution in [1.29, 1.82) is 0 Å². The minimum atomic E-state index is 0.752. The number of ether oxygens (including phenoxy) is 1. The fourth-order valence-electron chi connectivity index (χ4n) is 1.40. The van der Waals surface area contributed by atoms with Crippen molar-refractivity contribution in [2.75, 3.05) is 25.1 Å². The summed E-state index contributed by atoms with van der Waals surface area (Å²) in [5, 5.41) is 4.01. The lowest BCUT2D eigenvalue weighted by atomic mass is 10.3. The zero-order chi connectivity index (χ0) is 10.5. The summed E-state index contributed by atoms with van der Waals surface area (Å²) >= 11 is 5.99. The molecule has 1 aliphatic carbocycles. The van der Waals surface area contributed by atoms with E-state index in [4.69, 9.17) is 16.3 Å². The van der Waals surface area contributed by atoms with Crippen LogP contribution in [-0.2, 0) is 4.74 Å². The number of halogens is 1. The molecule has 0 aromatic heterocycles. The highest BCUT2D eigenvalue weighted by Crippen LogP contribution is 2.28. The summed E-state index contributed by atoms with van der Waals surface area (Å²) < 4.78 is 5.51. The molecule has 1 N–H and O–H groups in total. The number of hydrogen-bond donors (Lipinski definition) is 1. The van der Waals surface area contributed by atoms with Gasteiger partial charge >= 0.3 is 0 Å². The predicted octanol–water partition coefficient (Wildman–Crippen LogP) is 3.18. The molecule has 2 nitrogen and oxygen atoms in total. The Bertz CT molecular complexity index is 312. The molecule has 1 aromatic rings. The van der Waals surface area contributed by atoms with E-state index in [2.05, 4.69) is 5.32 Å². The number of para-hydroxylation sites is 1. The van der Waals surface area contributed by atoms with E-state index in [0.717, 1.165) is 36.4 Å². The van der Waals surface area contributed by atoms with Crippen LogP contribution in [0.5, 0.6) is 0 Å². The summed E-state index contributed by atoms with van der Waals surface area (Å²) in [6.07, 6.45) is 2.69. The molecule has 2 rings (SSSR count). The Hall–Kier alpha value is -0.730. The Morgan fingerprint density at radius 1 is 1.33 bits per heavy atom. The summed E-state index contributed by atoms with van der Waals surface area (Å²) in [6, 6.07) is 7.76. The molecule has 1 aliphatic rings.